The van der Waals surface area contributed by atoms with Crippen molar-refractivity contribution in [2.24, 2.45) is 5.73 Å². The summed E-state index contributed by atoms with van der Waals surface area (Å²) in [5.41, 5.74) is 6.26. The van der Waals surface area contributed by atoms with E-state index in [0.717, 1.165) is 20.9 Å². The molecule has 0 amide bonds. The van der Waals surface area contributed by atoms with Crippen LogP contribution in [0.1, 0.15) is 5.82 Å². The summed E-state index contributed by atoms with van der Waals surface area (Å²) in [7, 11) is 0. The first-order valence-corrected chi connectivity index (χ1v) is 6.44. The number of hydrogen-bond acceptors (Lipinski definition) is 3. The van der Waals surface area contributed by atoms with Gasteiger partial charge in [-0.1, -0.05) is 11.6 Å². The number of thiophene rings is 1. The summed E-state index contributed by atoms with van der Waals surface area (Å²) in [6.45, 7) is 0.567. The van der Waals surface area contributed by atoms with Crippen LogP contribution in [0.5, 0.6) is 0 Å². The first-order valence-electron chi connectivity index (χ1n) is 4.39. The number of nitrogens with one attached hydrogen (secondary N) is 1. The minimum atomic E-state index is 0.567. The van der Waals surface area contributed by atoms with E-state index >= 15 is 0 Å². The molecule has 0 unspecified atom stereocenters. The van der Waals surface area contributed by atoms with Crippen LogP contribution in [0.15, 0.2) is 15.9 Å². The van der Waals surface area contributed by atoms with Gasteiger partial charge in [0, 0.05) is 16.3 Å². The first kappa shape index (κ1) is 11.1. The van der Waals surface area contributed by atoms with Gasteiger partial charge in [-0.25, -0.2) is 4.98 Å². The summed E-state index contributed by atoms with van der Waals surface area (Å²) in [5.74, 6) is 0.835. The Morgan fingerprint density at radius 2 is 2.40 bits per heavy atom. The lowest BCUT2D eigenvalue weighted by Gasteiger charge is -1.89. The zero-order chi connectivity index (χ0) is 10.8. The van der Waals surface area contributed by atoms with Crippen LogP contribution >= 0.6 is 38.9 Å². The molecule has 0 atom stereocenters. The zero-order valence-corrected chi connectivity index (χ0v) is 10.9. The molecule has 0 radical (unpaired) electrons. The summed E-state index contributed by atoms with van der Waals surface area (Å²) in [6.07, 6.45) is 0.715. The molecule has 2 aromatic rings. The number of aromatic nitrogens is 2. The SMILES string of the molecule is NCCc1nc(-c2cc(Br)cs2)c(Cl)[nH]1. The van der Waals surface area contributed by atoms with Crippen molar-refractivity contribution in [1.82, 2.24) is 9.97 Å². The third-order valence-corrected chi connectivity index (χ3v) is 3.86. The van der Waals surface area contributed by atoms with Crippen LogP contribution in [0.4, 0.5) is 0 Å². The Labute approximate surface area is 105 Å². The molecule has 0 bridgehead atoms. The molecule has 15 heavy (non-hydrogen) atoms. The molecule has 0 aliphatic carbocycles. The van der Waals surface area contributed by atoms with Gasteiger partial charge >= 0.3 is 0 Å². The number of halogens is 2. The standard InChI is InChI=1S/C9H9BrClN3S/c10-5-3-6(15-4-5)8-9(11)14-7(13-8)1-2-12/h3-4H,1-2,12H2,(H,13,14). The van der Waals surface area contributed by atoms with E-state index in [4.69, 9.17) is 17.3 Å². The molecule has 0 saturated carbocycles. The summed E-state index contributed by atoms with van der Waals surface area (Å²) < 4.78 is 1.04. The summed E-state index contributed by atoms with van der Waals surface area (Å²) in [4.78, 5) is 8.47. The maximum absolute atomic E-state index is 6.06. The summed E-state index contributed by atoms with van der Waals surface area (Å²) in [5, 5.41) is 2.58. The van der Waals surface area contributed by atoms with Crippen LogP contribution in [0, 0.1) is 0 Å². The van der Waals surface area contributed by atoms with E-state index in [2.05, 4.69) is 25.9 Å². The second kappa shape index (κ2) is 4.65. The smallest absolute Gasteiger partial charge is 0.135 e. The maximum Gasteiger partial charge on any atom is 0.135 e. The number of nitrogens with zero attached hydrogens (tertiary/aromatic N) is 1. The van der Waals surface area contributed by atoms with Gasteiger partial charge in [-0.2, -0.15) is 0 Å². The lowest BCUT2D eigenvalue weighted by atomic mass is 10.4. The van der Waals surface area contributed by atoms with Crippen molar-refractivity contribution < 1.29 is 0 Å². The lowest BCUT2D eigenvalue weighted by molar-refractivity contribution is 0.895. The predicted octanol–water partition coefficient (Wildman–Crippen LogP) is 3.06. The maximum atomic E-state index is 6.06. The minimum absolute atomic E-state index is 0.567. The van der Waals surface area contributed by atoms with Crippen LogP contribution in [-0.4, -0.2) is 16.5 Å². The molecule has 2 aromatic heterocycles. The number of nitrogens with two attached hydrogens (primary N) is 1. The normalized spacial score (nSPS) is 10.9. The van der Waals surface area contributed by atoms with Crippen LogP contribution in [-0.2, 0) is 6.42 Å². The third-order valence-electron chi connectivity index (χ3n) is 1.89. The molecule has 0 fully saturated rings. The fraction of sp³-hybridized carbons (Fsp3) is 0.222. The predicted molar refractivity (Wildman–Crippen MR) is 67.4 cm³/mol. The van der Waals surface area contributed by atoms with E-state index in [9.17, 15) is 0 Å². The highest BCUT2D eigenvalue weighted by molar-refractivity contribution is 9.10. The van der Waals surface area contributed by atoms with Crippen molar-refractivity contribution in [1.29, 1.82) is 0 Å². The van der Waals surface area contributed by atoms with Gasteiger partial charge in [0.25, 0.3) is 0 Å². The molecule has 0 aliphatic heterocycles. The summed E-state index contributed by atoms with van der Waals surface area (Å²) in [6, 6.07) is 2.00. The Balaban J connectivity index is 2.35. The zero-order valence-electron chi connectivity index (χ0n) is 7.76. The van der Waals surface area contributed by atoms with Gasteiger partial charge in [0.2, 0.25) is 0 Å². The molecular weight excluding hydrogens is 298 g/mol. The van der Waals surface area contributed by atoms with Gasteiger partial charge in [0.1, 0.15) is 16.7 Å². The topological polar surface area (TPSA) is 54.7 Å². The Morgan fingerprint density at radius 1 is 1.60 bits per heavy atom. The van der Waals surface area contributed by atoms with Crippen molar-refractivity contribution in [2.75, 3.05) is 6.54 Å². The number of aromatic amines is 1. The average molecular weight is 307 g/mol. The minimum Gasteiger partial charge on any atom is -0.332 e. The first-order chi connectivity index (χ1) is 7.20. The van der Waals surface area contributed by atoms with E-state index in [-0.39, 0.29) is 0 Å². The van der Waals surface area contributed by atoms with E-state index in [1.165, 1.54) is 0 Å². The highest BCUT2D eigenvalue weighted by Crippen LogP contribution is 2.32. The molecule has 0 aliphatic rings. The molecule has 2 rings (SSSR count). The Hall–Kier alpha value is -0.360. The van der Waals surface area contributed by atoms with E-state index < -0.39 is 0 Å². The van der Waals surface area contributed by atoms with Gasteiger partial charge in [0.15, 0.2) is 0 Å². The molecule has 80 valence electrons. The fourth-order valence-electron chi connectivity index (χ4n) is 1.25. The fourth-order valence-corrected chi connectivity index (χ4v) is 2.99. The quantitative estimate of drug-likeness (QED) is 0.915. The third kappa shape index (κ3) is 2.42. The van der Waals surface area contributed by atoms with Gasteiger partial charge in [-0.05, 0) is 28.5 Å². The number of hydrogen-bond donors (Lipinski definition) is 2. The molecule has 0 spiro atoms. The second-order valence-corrected chi connectivity index (χ2v) is 5.22. The molecule has 6 heteroatoms. The van der Waals surface area contributed by atoms with E-state index in [0.29, 0.717) is 18.1 Å². The average Bonchev–Trinajstić information content (AvgIpc) is 2.73. The molecule has 2 heterocycles. The van der Waals surface area contributed by atoms with E-state index in [1.807, 2.05) is 11.4 Å². The second-order valence-electron chi connectivity index (χ2n) is 3.01. The molecule has 0 saturated heterocycles. The van der Waals surface area contributed by atoms with Crippen LogP contribution in [0.2, 0.25) is 5.15 Å². The Kier molecular flexibility index (Phi) is 3.45. The van der Waals surface area contributed by atoms with Crippen molar-refractivity contribution >= 4 is 38.9 Å². The van der Waals surface area contributed by atoms with Crippen molar-refractivity contribution in [2.45, 2.75) is 6.42 Å². The van der Waals surface area contributed by atoms with Gasteiger partial charge in [-0.3, -0.25) is 0 Å². The number of imidazole rings is 1. The highest BCUT2D eigenvalue weighted by atomic mass is 79.9. The van der Waals surface area contributed by atoms with Crippen molar-refractivity contribution in [3.8, 4) is 10.6 Å². The molecular formula is C9H9BrClN3S. The monoisotopic (exact) mass is 305 g/mol. The van der Waals surface area contributed by atoms with Crippen LogP contribution in [0.3, 0.4) is 0 Å². The van der Waals surface area contributed by atoms with Gasteiger partial charge in [0.05, 0.1) is 4.88 Å². The molecule has 3 N–H and O–H groups in total. The Morgan fingerprint density at radius 3 is 3.00 bits per heavy atom. The lowest BCUT2D eigenvalue weighted by Crippen LogP contribution is -2.03. The summed E-state index contributed by atoms with van der Waals surface area (Å²) >= 11 is 11.1. The van der Waals surface area contributed by atoms with Crippen molar-refractivity contribution in [3.05, 3.63) is 26.9 Å². The van der Waals surface area contributed by atoms with Crippen LogP contribution in [0.25, 0.3) is 10.6 Å². The van der Waals surface area contributed by atoms with E-state index in [1.54, 1.807) is 11.3 Å². The largest absolute Gasteiger partial charge is 0.332 e. The molecule has 0 aromatic carbocycles. The van der Waals surface area contributed by atoms with Gasteiger partial charge < -0.3 is 10.7 Å². The highest BCUT2D eigenvalue weighted by Gasteiger charge is 2.11. The van der Waals surface area contributed by atoms with Gasteiger partial charge in [-0.15, -0.1) is 11.3 Å². The molecule has 3 nitrogen and oxygen atoms in total. The Bertz CT molecular complexity index is 466. The van der Waals surface area contributed by atoms with Crippen molar-refractivity contribution in [3.63, 3.8) is 0 Å². The van der Waals surface area contributed by atoms with Crippen LogP contribution < -0.4 is 5.73 Å². The number of rotatable bonds is 3. The number of H-pyrrole nitrogens is 1.